The van der Waals surface area contributed by atoms with Crippen molar-refractivity contribution in [3.63, 3.8) is 0 Å². The number of carbonyl (C=O) groups excluding carboxylic acids is 1. The molecule has 2 aromatic heterocycles. The van der Waals surface area contributed by atoms with Crippen LogP contribution in [0.4, 0.5) is 0 Å². The summed E-state index contributed by atoms with van der Waals surface area (Å²) < 4.78 is 7.94. The van der Waals surface area contributed by atoms with E-state index >= 15 is 0 Å². The quantitative estimate of drug-likeness (QED) is 0.305. The van der Waals surface area contributed by atoms with Crippen molar-refractivity contribution in [2.45, 2.75) is 32.9 Å². The molecule has 0 saturated heterocycles. The van der Waals surface area contributed by atoms with Gasteiger partial charge in [-0.3, -0.25) is 14.5 Å². The van der Waals surface area contributed by atoms with Gasteiger partial charge in [-0.1, -0.05) is 50.2 Å². The Balaban J connectivity index is 1.43. The zero-order valence-electron chi connectivity index (χ0n) is 22.6. The van der Waals surface area contributed by atoms with Crippen LogP contribution in [0.15, 0.2) is 73.1 Å². The van der Waals surface area contributed by atoms with Gasteiger partial charge in [0.05, 0.1) is 6.54 Å². The molecule has 196 valence electrons. The van der Waals surface area contributed by atoms with Gasteiger partial charge in [0, 0.05) is 43.2 Å². The summed E-state index contributed by atoms with van der Waals surface area (Å²) in [6, 6.07) is 20.4. The van der Waals surface area contributed by atoms with Crippen molar-refractivity contribution in [1.82, 2.24) is 24.6 Å². The molecule has 1 aliphatic heterocycles. The minimum absolute atomic E-state index is 0.0195. The van der Waals surface area contributed by atoms with Gasteiger partial charge in [-0.2, -0.15) is 5.10 Å². The van der Waals surface area contributed by atoms with E-state index in [-0.39, 0.29) is 5.91 Å². The molecule has 3 heterocycles. The fourth-order valence-corrected chi connectivity index (χ4v) is 4.71. The number of nitrogens with zero attached hydrogens (tertiary/aromatic N) is 5. The predicted octanol–water partition coefficient (Wildman–Crippen LogP) is 5.33. The van der Waals surface area contributed by atoms with Crippen LogP contribution in [0.3, 0.4) is 0 Å². The number of aromatic nitrogens is 3. The number of rotatable bonds is 9. The number of carbonyl (C=O) groups is 1. The zero-order chi connectivity index (χ0) is 26.6. The normalized spacial score (nSPS) is 13.3. The van der Waals surface area contributed by atoms with E-state index in [1.54, 1.807) is 12.4 Å². The van der Waals surface area contributed by atoms with Gasteiger partial charge in [-0.25, -0.2) is 0 Å². The molecule has 0 unspecified atom stereocenters. The Labute approximate surface area is 224 Å². The van der Waals surface area contributed by atoms with E-state index in [2.05, 4.69) is 48.0 Å². The summed E-state index contributed by atoms with van der Waals surface area (Å²) in [7, 11) is 4.05. The van der Waals surface area contributed by atoms with Crippen LogP contribution in [-0.4, -0.2) is 64.2 Å². The predicted molar refractivity (Wildman–Crippen MR) is 150 cm³/mol. The molecule has 7 heteroatoms. The lowest BCUT2D eigenvalue weighted by atomic mass is 9.98. The summed E-state index contributed by atoms with van der Waals surface area (Å²) in [5, 5.41) is 4.89. The van der Waals surface area contributed by atoms with E-state index < -0.39 is 0 Å². The second-order valence-electron chi connectivity index (χ2n) is 10.3. The Hall–Kier alpha value is -3.97. The maximum atomic E-state index is 13.7. The van der Waals surface area contributed by atoms with E-state index in [0.29, 0.717) is 37.9 Å². The van der Waals surface area contributed by atoms with Crippen LogP contribution in [0.5, 0.6) is 5.75 Å². The van der Waals surface area contributed by atoms with Crippen molar-refractivity contribution in [2.75, 3.05) is 33.7 Å². The number of hydrogen-bond donors (Lipinski definition) is 0. The molecule has 0 bridgehead atoms. The average Bonchev–Trinajstić information content (AvgIpc) is 3.33. The van der Waals surface area contributed by atoms with E-state index in [0.717, 1.165) is 40.2 Å². The van der Waals surface area contributed by atoms with Crippen molar-refractivity contribution in [3.05, 3.63) is 89.9 Å². The molecule has 0 atom stereocenters. The molecule has 7 nitrogen and oxygen atoms in total. The highest BCUT2D eigenvalue weighted by molar-refractivity contribution is 6.03. The van der Waals surface area contributed by atoms with Gasteiger partial charge in [0.15, 0.2) is 0 Å². The molecule has 0 fully saturated rings. The van der Waals surface area contributed by atoms with Crippen LogP contribution >= 0.6 is 0 Å². The van der Waals surface area contributed by atoms with E-state index in [1.807, 2.05) is 60.1 Å². The standard InChI is InChI=1S/C31H35N5O2/c1-22(2)24-7-5-23(6-8-24)21-38-27-11-9-25(10-12-27)28-29(26-13-15-32-16-14-26)33-36-20-19-35(18-17-34(3)4)31(37)30(28)36/h5-16,22H,17-21H2,1-4H3. The van der Waals surface area contributed by atoms with Gasteiger partial charge in [0.2, 0.25) is 0 Å². The molecule has 0 radical (unpaired) electrons. The minimum atomic E-state index is 0.0195. The molecule has 1 aliphatic rings. The molecular formula is C31H35N5O2. The highest BCUT2D eigenvalue weighted by Gasteiger charge is 2.32. The van der Waals surface area contributed by atoms with Crippen molar-refractivity contribution in [3.8, 4) is 28.1 Å². The third-order valence-corrected chi connectivity index (χ3v) is 6.99. The van der Waals surface area contributed by atoms with Gasteiger partial charge in [0.25, 0.3) is 5.91 Å². The summed E-state index contributed by atoms with van der Waals surface area (Å²) in [6.45, 7) is 7.72. The topological polar surface area (TPSA) is 63.5 Å². The first-order valence-corrected chi connectivity index (χ1v) is 13.2. The van der Waals surface area contributed by atoms with E-state index in [4.69, 9.17) is 9.84 Å². The van der Waals surface area contributed by atoms with Crippen LogP contribution in [-0.2, 0) is 13.2 Å². The summed E-state index contributed by atoms with van der Waals surface area (Å²) in [5.41, 5.74) is 6.62. The van der Waals surface area contributed by atoms with Crippen LogP contribution in [0.2, 0.25) is 0 Å². The van der Waals surface area contributed by atoms with Gasteiger partial charge in [-0.05, 0) is 61.0 Å². The van der Waals surface area contributed by atoms with Crippen molar-refractivity contribution in [2.24, 2.45) is 0 Å². The number of amides is 1. The highest BCUT2D eigenvalue weighted by Crippen LogP contribution is 2.37. The fraction of sp³-hybridized carbons (Fsp3) is 0.323. The summed E-state index contributed by atoms with van der Waals surface area (Å²) in [4.78, 5) is 21.9. The second-order valence-corrected chi connectivity index (χ2v) is 10.3. The Morgan fingerprint density at radius 3 is 2.29 bits per heavy atom. The maximum absolute atomic E-state index is 13.7. The Morgan fingerprint density at radius 2 is 1.63 bits per heavy atom. The number of fused-ring (bicyclic) bond motifs is 1. The monoisotopic (exact) mass is 509 g/mol. The fourth-order valence-electron chi connectivity index (χ4n) is 4.71. The molecule has 0 saturated carbocycles. The molecule has 2 aromatic carbocycles. The summed E-state index contributed by atoms with van der Waals surface area (Å²) >= 11 is 0. The first kappa shape index (κ1) is 25.7. The molecule has 0 aliphatic carbocycles. The molecule has 1 amide bonds. The summed E-state index contributed by atoms with van der Waals surface area (Å²) in [6.07, 6.45) is 3.51. The Morgan fingerprint density at radius 1 is 0.921 bits per heavy atom. The third-order valence-electron chi connectivity index (χ3n) is 6.99. The number of ether oxygens (including phenoxy) is 1. The zero-order valence-corrected chi connectivity index (χ0v) is 22.6. The van der Waals surface area contributed by atoms with Gasteiger partial charge < -0.3 is 14.5 Å². The smallest absolute Gasteiger partial charge is 0.272 e. The van der Waals surface area contributed by atoms with Crippen molar-refractivity contribution in [1.29, 1.82) is 0 Å². The lowest BCUT2D eigenvalue weighted by molar-refractivity contribution is 0.0687. The molecule has 4 aromatic rings. The van der Waals surface area contributed by atoms with E-state index in [1.165, 1.54) is 5.56 Å². The number of hydrogen-bond acceptors (Lipinski definition) is 5. The first-order chi connectivity index (χ1) is 18.4. The largest absolute Gasteiger partial charge is 0.489 e. The van der Waals surface area contributed by atoms with Crippen molar-refractivity contribution >= 4 is 5.91 Å². The van der Waals surface area contributed by atoms with Crippen LogP contribution in [0.1, 0.15) is 41.4 Å². The Kier molecular flexibility index (Phi) is 7.56. The molecule has 0 N–H and O–H groups in total. The maximum Gasteiger partial charge on any atom is 0.272 e. The average molecular weight is 510 g/mol. The van der Waals surface area contributed by atoms with Crippen LogP contribution < -0.4 is 4.74 Å². The minimum Gasteiger partial charge on any atom is -0.489 e. The highest BCUT2D eigenvalue weighted by atomic mass is 16.5. The third kappa shape index (κ3) is 5.48. The second kappa shape index (κ2) is 11.2. The lowest BCUT2D eigenvalue weighted by Crippen LogP contribution is -2.43. The van der Waals surface area contributed by atoms with Crippen molar-refractivity contribution < 1.29 is 9.53 Å². The van der Waals surface area contributed by atoms with Gasteiger partial charge in [-0.15, -0.1) is 0 Å². The molecule has 38 heavy (non-hydrogen) atoms. The van der Waals surface area contributed by atoms with E-state index in [9.17, 15) is 4.79 Å². The van der Waals surface area contributed by atoms with Crippen LogP contribution in [0, 0.1) is 0 Å². The van der Waals surface area contributed by atoms with Crippen LogP contribution in [0.25, 0.3) is 22.4 Å². The lowest BCUT2D eigenvalue weighted by Gasteiger charge is -2.29. The van der Waals surface area contributed by atoms with Gasteiger partial charge in [0.1, 0.15) is 23.7 Å². The Bertz CT molecular complexity index is 1380. The SMILES string of the molecule is CC(C)c1ccc(COc2ccc(-c3c(-c4ccncc4)nn4c3C(=O)N(CCN(C)C)CC4)cc2)cc1. The first-order valence-electron chi connectivity index (χ1n) is 13.2. The number of pyridine rings is 1. The summed E-state index contributed by atoms with van der Waals surface area (Å²) in [5.74, 6) is 1.31. The molecule has 5 rings (SSSR count). The molecule has 0 spiro atoms. The molecular weight excluding hydrogens is 474 g/mol. The van der Waals surface area contributed by atoms with Gasteiger partial charge >= 0.3 is 0 Å². The number of benzene rings is 2. The number of likely N-dealkylation sites (N-methyl/N-ethyl adjacent to an activating group) is 1.